The molecule has 0 bridgehead atoms. The number of amidine groups is 1. The van der Waals surface area contributed by atoms with Crippen molar-refractivity contribution in [1.82, 2.24) is 4.90 Å². The molecule has 0 aliphatic heterocycles. The molecule has 6 heteroatoms. The molecule has 0 heterocycles. The normalized spacial score (nSPS) is 18.6. The van der Waals surface area contributed by atoms with E-state index in [0.29, 0.717) is 13.0 Å². The minimum absolute atomic E-state index is 0.0558. The lowest BCUT2D eigenvalue weighted by molar-refractivity contribution is -0.138. The first kappa shape index (κ1) is 13.8. The van der Waals surface area contributed by atoms with Gasteiger partial charge < -0.3 is 20.9 Å². The zero-order chi connectivity index (χ0) is 12.8. The van der Waals surface area contributed by atoms with Gasteiger partial charge in [-0.25, -0.2) is 0 Å². The third-order valence-corrected chi connectivity index (χ3v) is 3.32. The summed E-state index contributed by atoms with van der Waals surface area (Å²) in [7, 11) is 0. The number of nitrogens with two attached hydrogens (primary N) is 1. The van der Waals surface area contributed by atoms with Gasteiger partial charge in [-0.15, -0.1) is 0 Å². The van der Waals surface area contributed by atoms with E-state index in [1.807, 2.05) is 6.92 Å². The average molecular weight is 243 g/mol. The zero-order valence-electron chi connectivity index (χ0n) is 10.2. The van der Waals surface area contributed by atoms with Crippen LogP contribution < -0.4 is 5.73 Å². The SMILES string of the molecule is CCC(C(=O)N(CCO)C1CCC1)C(N)=NO. The number of carbonyl (C=O) groups excluding carboxylic acids is 1. The van der Waals surface area contributed by atoms with Gasteiger partial charge in [-0.05, 0) is 25.7 Å². The average Bonchev–Trinajstić information content (AvgIpc) is 2.26. The molecule has 6 nitrogen and oxygen atoms in total. The van der Waals surface area contributed by atoms with E-state index in [-0.39, 0.29) is 24.4 Å². The second kappa shape index (κ2) is 6.44. The maximum Gasteiger partial charge on any atom is 0.233 e. The van der Waals surface area contributed by atoms with E-state index in [1.54, 1.807) is 4.90 Å². The monoisotopic (exact) mass is 243 g/mol. The lowest BCUT2D eigenvalue weighted by atomic mass is 9.90. The highest BCUT2D eigenvalue weighted by Crippen LogP contribution is 2.26. The Bertz CT molecular complexity index is 290. The van der Waals surface area contributed by atoms with Crippen molar-refractivity contribution in [1.29, 1.82) is 0 Å². The third-order valence-electron chi connectivity index (χ3n) is 3.32. The molecule has 1 aliphatic carbocycles. The Labute approximate surface area is 101 Å². The van der Waals surface area contributed by atoms with Crippen LogP contribution in [0.1, 0.15) is 32.6 Å². The summed E-state index contributed by atoms with van der Waals surface area (Å²) in [5.41, 5.74) is 5.51. The van der Waals surface area contributed by atoms with Crippen molar-refractivity contribution in [2.45, 2.75) is 38.6 Å². The van der Waals surface area contributed by atoms with Crippen LogP contribution in [0, 0.1) is 5.92 Å². The van der Waals surface area contributed by atoms with E-state index in [2.05, 4.69) is 5.16 Å². The van der Waals surface area contributed by atoms with Gasteiger partial charge in [-0.1, -0.05) is 12.1 Å². The second-order valence-corrected chi connectivity index (χ2v) is 4.33. The Hall–Kier alpha value is -1.30. The molecule has 98 valence electrons. The number of aliphatic hydroxyl groups is 1. The van der Waals surface area contributed by atoms with Crippen LogP contribution in [0.5, 0.6) is 0 Å². The Balaban J connectivity index is 2.74. The molecule has 0 radical (unpaired) electrons. The van der Waals surface area contributed by atoms with Crippen molar-refractivity contribution in [2.75, 3.05) is 13.2 Å². The van der Waals surface area contributed by atoms with Crippen LogP contribution in [0.3, 0.4) is 0 Å². The van der Waals surface area contributed by atoms with Gasteiger partial charge in [0.2, 0.25) is 5.91 Å². The summed E-state index contributed by atoms with van der Waals surface area (Å²) in [6, 6.07) is 0.204. The van der Waals surface area contributed by atoms with Crippen molar-refractivity contribution in [3.05, 3.63) is 0 Å². The molecule has 4 N–H and O–H groups in total. The van der Waals surface area contributed by atoms with Gasteiger partial charge in [0.15, 0.2) is 5.84 Å². The fraction of sp³-hybridized carbons (Fsp3) is 0.818. The molecule has 0 aromatic heterocycles. The van der Waals surface area contributed by atoms with E-state index < -0.39 is 5.92 Å². The largest absolute Gasteiger partial charge is 0.409 e. The quantitative estimate of drug-likeness (QED) is 0.267. The topological polar surface area (TPSA) is 99.2 Å². The predicted molar refractivity (Wildman–Crippen MR) is 63.6 cm³/mol. The molecular formula is C11H21N3O3. The van der Waals surface area contributed by atoms with Gasteiger partial charge >= 0.3 is 0 Å². The summed E-state index contributed by atoms with van der Waals surface area (Å²) >= 11 is 0. The molecule has 0 spiro atoms. The molecule has 0 aromatic rings. The van der Waals surface area contributed by atoms with Crippen molar-refractivity contribution in [2.24, 2.45) is 16.8 Å². The second-order valence-electron chi connectivity index (χ2n) is 4.33. The van der Waals surface area contributed by atoms with E-state index in [9.17, 15) is 4.79 Å². The molecule has 1 aliphatic rings. The maximum atomic E-state index is 12.2. The minimum atomic E-state index is -0.591. The van der Waals surface area contributed by atoms with Crippen molar-refractivity contribution in [3.8, 4) is 0 Å². The number of hydrogen-bond acceptors (Lipinski definition) is 4. The van der Waals surface area contributed by atoms with Gasteiger partial charge in [0, 0.05) is 12.6 Å². The maximum absolute atomic E-state index is 12.2. The number of amides is 1. The van der Waals surface area contributed by atoms with E-state index >= 15 is 0 Å². The van der Waals surface area contributed by atoms with Crippen molar-refractivity contribution >= 4 is 11.7 Å². The first-order valence-electron chi connectivity index (χ1n) is 6.04. The lowest BCUT2D eigenvalue weighted by Gasteiger charge is -2.38. The first-order chi connectivity index (χ1) is 8.15. The van der Waals surface area contributed by atoms with Crippen LogP contribution in [0.4, 0.5) is 0 Å². The lowest BCUT2D eigenvalue weighted by Crippen LogP contribution is -2.50. The van der Waals surface area contributed by atoms with Gasteiger partial charge in [-0.3, -0.25) is 4.79 Å². The Kier molecular flexibility index (Phi) is 5.21. The number of hydrogen-bond donors (Lipinski definition) is 3. The van der Waals surface area contributed by atoms with Crippen molar-refractivity contribution < 1.29 is 15.1 Å². The smallest absolute Gasteiger partial charge is 0.233 e. The summed E-state index contributed by atoms with van der Waals surface area (Å²) in [6.45, 7) is 2.08. The molecule has 1 amide bonds. The zero-order valence-corrected chi connectivity index (χ0v) is 10.2. The molecule has 17 heavy (non-hydrogen) atoms. The van der Waals surface area contributed by atoms with Crippen LogP contribution in [0.25, 0.3) is 0 Å². The minimum Gasteiger partial charge on any atom is -0.409 e. The van der Waals surface area contributed by atoms with Gasteiger partial charge in [0.1, 0.15) is 0 Å². The summed E-state index contributed by atoms with van der Waals surface area (Å²) in [4.78, 5) is 13.9. The summed E-state index contributed by atoms with van der Waals surface area (Å²) in [6.07, 6.45) is 3.54. The molecule has 1 rings (SSSR count). The molecule has 1 saturated carbocycles. The standard InChI is InChI=1S/C11H21N3O3/c1-2-9(10(12)13-17)11(16)14(6-7-15)8-4-3-5-8/h8-9,15,17H,2-7H2,1H3,(H2,12,13). The predicted octanol–water partition coefficient (Wildman–Crippen LogP) is 0.132. The Morgan fingerprint density at radius 2 is 2.24 bits per heavy atom. The fourth-order valence-corrected chi connectivity index (χ4v) is 2.06. The van der Waals surface area contributed by atoms with Gasteiger partial charge in [0.25, 0.3) is 0 Å². The third kappa shape index (κ3) is 3.09. The summed E-state index contributed by atoms with van der Waals surface area (Å²) in [5.74, 6) is -0.798. The summed E-state index contributed by atoms with van der Waals surface area (Å²) in [5, 5.41) is 20.6. The van der Waals surface area contributed by atoms with Gasteiger partial charge in [-0.2, -0.15) is 0 Å². The van der Waals surface area contributed by atoms with Crippen molar-refractivity contribution in [3.63, 3.8) is 0 Å². The molecule has 1 unspecified atom stereocenters. The first-order valence-corrected chi connectivity index (χ1v) is 6.04. The van der Waals surface area contributed by atoms with Crippen LogP contribution >= 0.6 is 0 Å². The van der Waals surface area contributed by atoms with Gasteiger partial charge in [0.05, 0.1) is 12.5 Å². The van der Waals surface area contributed by atoms with Crippen LogP contribution in [0.15, 0.2) is 5.16 Å². The highest BCUT2D eigenvalue weighted by atomic mass is 16.4. The summed E-state index contributed by atoms with van der Waals surface area (Å²) < 4.78 is 0. The Morgan fingerprint density at radius 1 is 1.59 bits per heavy atom. The number of rotatable bonds is 6. The van der Waals surface area contributed by atoms with Crippen LogP contribution in [0.2, 0.25) is 0 Å². The van der Waals surface area contributed by atoms with E-state index in [0.717, 1.165) is 19.3 Å². The van der Waals surface area contributed by atoms with Crippen LogP contribution in [-0.2, 0) is 4.79 Å². The van der Waals surface area contributed by atoms with E-state index in [1.165, 1.54) is 0 Å². The number of nitrogens with zero attached hydrogens (tertiary/aromatic N) is 2. The molecule has 0 aromatic carbocycles. The fourth-order valence-electron chi connectivity index (χ4n) is 2.06. The molecule has 0 saturated heterocycles. The number of oxime groups is 1. The highest BCUT2D eigenvalue weighted by Gasteiger charge is 2.33. The molecule has 1 atom stereocenters. The number of aliphatic hydroxyl groups excluding tert-OH is 1. The molecular weight excluding hydrogens is 222 g/mol. The highest BCUT2D eigenvalue weighted by molar-refractivity contribution is 6.02. The van der Waals surface area contributed by atoms with E-state index in [4.69, 9.17) is 16.0 Å². The number of carbonyl (C=O) groups is 1. The molecule has 1 fully saturated rings. The Morgan fingerprint density at radius 3 is 2.59 bits per heavy atom. The van der Waals surface area contributed by atoms with Crippen LogP contribution in [-0.4, -0.2) is 46.1 Å².